The fourth-order valence-corrected chi connectivity index (χ4v) is 4.68. The van der Waals surface area contributed by atoms with Gasteiger partial charge >= 0.3 is 0 Å². The zero-order valence-corrected chi connectivity index (χ0v) is 20.3. The topological polar surface area (TPSA) is 70.6 Å². The van der Waals surface area contributed by atoms with Crippen LogP contribution in [0.5, 0.6) is 5.75 Å². The molecule has 184 valence electrons. The number of amides is 1. The van der Waals surface area contributed by atoms with Crippen molar-refractivity contribution in [1.29, 1.82) is 0 Å². The number of carbonyl (C=O) groups is 1. The summed E-state index contributed by atoms with van der Waals surface area (Å²) in [6, 6.07) is 4.84. The third kappa shape index (κ3) is 7.03. The predicted octanol–water partition coefficient (Wildman–Crippen LogP) is 3.71. The lowest BCUT2D eigenvalue weighted by Crippen LogP contribution is -2.35. The van der Waals surface area contributed by atoms with Gasteiger partial charge in [-0.05, 0) is 56.2 Å². The number of benzene rings is 1. The number of hydrogen-bond donors (Lipinski definition) is 1. The van der Waals surface area contributed by atoms with Crippen molar-refractivity contribution in [1.82, 2.24) is 20.2 Å². The smallest absolute Gasteiger partial charge is 0.227 e. The minimum atomic E-state index is -0.379. The third-order valence-corrected chi connectivity index (χ3v) is 6.78. The Morgan fingerprint density at radius 1 is 1.15 bits per heavy atom. The van der Waals surface area contributed by atoms with E-state index in [9.17, 15) is 9.18 Å². The molecule has 0 unspecified atom stereocenters. The third-order valence-electron chi connectivity index (χ3n) is 6.59. The molecule has 0 spiro atoms. The lowest BCUT2D eigenvalue weighted by Gasteiger charge is -2.31. The molecule has 34 heavy (non-hydrogen) atoms. The Balaban J connectivity index is 1.16. The van der Waals surface area contributed by atoms with Gasteiger partial charge in [-0.2, -0.15) is 0 Å². The largest absolute Gasteiger partial charge is 0.493 e. The maximum absolute atomic E-state index is 14.6. The summed E-state index contributed by atoms with van der Waals surface area (Å²) in [6.45, 7) is 5.54. The van der Waals surface area contributed by atoms with Gasteiger partial charge in [-0.3, -0.25) is 4.79 Å². The Bertz CT molecular complexity index is 929. The Morgan fingerprint density at radius 3 is 2.71 bits per heavy atom. The monoisotopic (exact) mass is 489 g/mol. The van der Waals surface area contributed by atoms with Gasteiger partial charge in [0.15, 0.2) is 0 Å². The molecule has 2 aromatic rings. The SMILES string of the molecule is O=C(Cc1ccc(OCCCC2CCN(c3ncc(Cl)cn3)CC2)cc1F)N1CCCNCC1. The van der Waals surface area contributed by atoms with E-state index in [1.807, 2.05) is 4.90 Å². The standard InChI is InChI=1S/C25H33ClFN5O2/c26-21-17-29-25(30-18-21)32-11-6-19(7-12-32)3-1-14-34-22-5-4-20(23(27)16-22)15-24(33)31-10-2-8-28-9-13-31/h4-5,16-19,28H,1-3,6-15H2. The minimum Gasteiger partial charge on any atom is -0.493 e. The molecule has 2 aliphatic heterocycles. The molecule has 0 atom stereocenters. The molecule has 2 aliphatic rings. The molecule has 0 aliphatic carbocycles. The van der Waals surface area contributed by atoms with Crippen LogP contribution in [0.2, 0.25) is 5.02 Å². The van der Waals surface area contributed by atoms with Gasteiger partial charge in [-0.15, -0.1) is 0 Å². The fraction of sp³-hybridized carbons (Fsp3) is 0.560. The first-order valence-corrected chi connectivity index (χ1v) is 12.6. The Morgan fingerprint density at radius 2 is 1.94 bits per heavy atom. The van der Waals surface area contributed by atoms with Crippen molar-refractivity contribution in [3.05, 3.63) is 47.0 Å². The van der Waals surface area contributed by atoms with E-state index in [1.165, 1.54) is 6.07 Å². The molecule has 4 rings (SSSR count). The van der Waals surface area contributed by atoms with Gasteiger partial charge in [0.1, 0.15) is 11.6 Å². The van der Waals surface area contributed by atoms with Crippen LogP contribution in [-0.4, -0.2) is 66.7 Å². The van der Waals surface area contributed by atoms with Crippen LogP contribution in [0.1, 0.15) is 37.7 Å². The normalized spacial score (nSPS) is 17.5. The Hall–Kier alpha value is -2.45. The van der Waals surface area contributed by atoms with Gasteiger partial charge < -0.3 is 19.9 Å². The molecule has 2 fully saturated rings. The van der Waals surface area contributed by atoms with Crippen molar-refractivity contribution in [2.24, 2.45) is 5.92 Å². The van der Waals surface area contributed by atoms with E-state index in [0.29, 0.717) is 35.4 Å². The number of nitrogens with one attached hydrogen (secondary N) is 1. The van der Waals surface area contributed by atoms with Crippen LogP contribution in [0, 0.1) is 11.7 Å². The maximum Gasteiger partial charge on any atom is 0.227 e. The molecule has 1 N–H and O–H groups in total. The Labute approximate surface area is 205 Å². The molecule has 1 aromatic carbocycles. The molecular weight excluding hydrogens is 457 g/mol. The number of anilines is 1. The highest BCUT2D eigenvalue weighted by Gasteiger charge is 2.21. The van der Waals surface area contributed by atoms with Crippen molar-refractivity contribution >= 4 is 23.5 Å². The van der Waals surface area contributed by atoms with Crippen LogP contribution in [-0.2, 0) is 11.2 Å². The van der Waals surface area contributed by atoms with Crippen LogP contribution in [0.3, 0.4) is 0 Å². The molecule has 3 heterocycles. The highest BCUT2D eigenvalue weighted by atomic mass is 35.5. The van der Waals surface area contributed by atoms with Crippen LogP contribution in [0.25, 0.3) is 0 Å². The number of halogens is 2. The summed E-state index contributed by atoms with van der Waals surface area (Å²) >= 11 is 5.87. The van der Waals surface area contributed by atoms with Gasteiger partial charge in [0.2, 0.25) is 11.9 Å². The van der Waals surface area contributed by atoms with E-state index < -0.39 is 0 Å². The second kappa shape index (κ2) is 12.3. The van der Waals surface area contributed by atoms with Crippen LogP contribution in [0.15, 0.2) is 30.6 Å². The summed E-state index contributed by atoms with van der Waals surface area (Å²) in [7, 11) is 0. The van der Waals surface area contributed by atoms with E-state index in [4.69, 9.17) is 16.3 Å². The molecule has 7 nitrogen and oxygen atoms in total. The molecule has 9 heteroatoms. The fourth-order valence-electron chi connectivity index (χ4n) is 4.58. The summed E-state index contributed by atoms with van der Waals surface area (Å²) in [5.74, 6) is 1.50. The summed E-state index contributed by atoms with van der Waals surface area (Å²) in [5.41, 5.74) is 0.422. The first-order chi connectivity index (χ1) is 16.6. The van der Waals surface area contributed by atoms with Crippen molar-refractivity contribution in [3.63, 3.8) is 0 Å². The summed E-state index contributed by atoms with van der Waals surface area (Å²) in [4.78, 5) is 25.1. The van der Waals surface area contributed by atoms with Crippen molar-refractivity contribution in [2.75, 3.05) is 50.8 Å². The first-order valence-electron chi connectivity index (χ1n) is 12.2. The number of hydrogen-bond acceptors (Lipinski definition) is 6. The number of carbonyl (C=O) groups excluding carboxylic acids is 1. The second-order valence-corrected chi connectivity index (χ2v) is 9.47. The highest BCUT2D eigenvalue weighted by molar-refractivity contribution is 6.30. The summed E-state index contributed by atoms with van der Waals surface area (Å²) in [6.07, 6.45) is 8.47. The second-order valence-electron chi connectivity index (χ2n) is 9.04. The number of ether oxygens (including phenoxy) is 1. The highest BCUT2D eigenvalue weighted by Crippen LogP contribution is 2.25. The average molecular weight is 490 g/mol. The van der Waals surface area contributed by atoms with E-state index in [2.05, 4.69) is 20.2 Å². The van der Waals surface area contributed by atoms with Crippen molar-refractivity contribution in [3.8, 4) is 5.75 Å². The van der Waals surface area contributed by atoms with Crippen LogP contribution in [0.4, 0.5) is 10.3 Å². The molecule has 0 bridgehead atoms. The molecule has 2 saturated heterocycles. The van der Waals surface area contributed by atoms with Gasteiger partial charge in [-0.1, -0.05) is 17.7 Å². The lowest BCUT2D eigenvalue weighted by molar-refractivity contribution is -0.130. The molecule has 1 aromatic heterocycles. The van der Waals surface area contributed by atoms with Crippen molar-refractivity contribution in [2.45, 2.75) is 38.5 Å². The van der Waals surface area contributed by atoms with E-state index in [0.717, 1.165) is 70.8 Å². The number of aromatic nitrogens is 2. The minimum absolute atomic E-state index is 0.0232. The molecule has 0 radical (unpaired) electrons. The number of rotatable bonds is 8. The number of nitrogens with zero attached hydrogens (tertiary/aromatic N) is 4. The van der Waals surface area contributed by atoms with E-state index in [1.54, 1.807) is 24.5 Å². The van der Waals surface area contributed by atoms with E-state index in [-0.39, 0.29) is 18.1 Å². The molecule has 1 amide bonds. The Kier molecular flexibility index (Phi) is 8.93. The lowest BCUT2D eigenvalue weighted by atomic mass is 9.92. The van der Waals surface area contributed by atoms with E-state index >= 15 is 0 Å². The molecule has 0 saturated carbocycles. The number of piperidine rings is 1. The molecular formula is C25H33ClFN5O2. The predicted molar refractivity (Wildman–Crippen MR) is 131 cm³/mol. The van der Waals surface area contributed by atoms with Gasteiger partial charge in [-0.25, -0.2) is 14.4 Å². The average Bonchev–Trinajstić information content (AvgIpc) is 3.14. The van der Waals surface area contributed by atoms with Crippen LogP contribution >= 0.6 is 11.6 Å². The van der Waals surface area contributed by atoms with Crippen molar-refractivity contribution < 1.29 is 13.9 Å². The van der Waals surface area contributed by atoms with Crippen LogP contribution < -0.4 is 15.0 Å². The first kappa shape index (κ1) is 24.7. The van der Waals surface area contributed by atoms with Gasteiger partial charge in [0, 0.05) is 38.8 Å². The maximum atomic E-state index is 14.6. The van der Waals surface area contributed by atoms with Gasteiger partial charge in [0.05, 0.1) is 30.4 Å². The summed E-state index contributed by atoms with van der Waals surface area (Å²) in [5, 5.41) is 3.82. The quantitative estimate of drug-likeness (QED) is 0.570. The summed E-state index contributed by atoms with van der Waals surface area (Å²) < 4.78 is 20.4. The van der Waals surface area contributed by atoms with Gasteiger partial charge in [0.25, 0.3) is 0 Å². The zero-order valence-electron chi connectivity index (χ0n) is 19.5. The zero-order chi connectivity index (χ0) is 23.8.